The number of amides is 1. The van der Waals surface area contributed by atoms with E-state index in [2.05, 4.69) is 29.3 Å². The maximum atomic E-state index is 13.1. The monoisotopic (exact) mass is 575 g/mol. The second kappa shape index (κ2) is 12.1. The minimum Gasteiger partial charge on any atom is -0.488 e. The summed E-state index contributed by atoms with van der Waals surface area (Å²) >= 11 is 1.69. The van der Waals surface area contributed by atoms with Gasteiger partial charge in [-0.25, -0.2) is 4.98 Å². The molecule has 1 saturated carbocycles. The molecule has 2 bridgehead atoms. The predicted molar refractivity (Wildman–Crippen MR) is 163 cm³/mol. The summed E-state index contributed by atoms with van der Waals surface area (Å²) in [4.78, 5) is 22.5. The Hall–Kier alpha value is -2.94. The Morgan fingerprint density at radius 2 is 1.88 bits per heavy atom. The van der Waals surface area contributed by atoms with E-state index in [9.17, 15) is 9.90 Å². The highest BCUT2D eigenvalue weighted by atomic mass is 32.1. The first-order valence-corrected chi connectivity index (χ1v) is 15.8. The largest absolute Gasteiger partial charge is 0.488 e. The van der Waals surface area contributed by atoms with Gasteiger partial charge in [0, 0.05) is 56.4 Å². The predicted octanol–water partition coefficient (Wildman–Crippen LogP) is 5.71. The normalized spacial score (nSPS) is 24.1. The standard InChI is InChI=1S/C33H41N3O4S/c1-21-6-11-31(28(13-21)30-20-41-33(34-30)36-15-24-8-9-25(16-36)29(24)18-37)40-19-26-10-7-23(14-22(26)2)32(38)35-12-4-5-27(17-35)39-3/h6-7,10-11,13-14,20,24-25,27,29,37H,4-5,8-9,12,15-19H2,1-3H3/t24-,25+,27?,29+. The summed E-state index contributed by atoms with van der Waals surface area (Å²) in [6.45, 7) is 8.25. The number of fused-ring (bicyclic) bond motifs is 2. The Labute approximate surface area is 247 Å². The van der Waals surface area contributed by atoms with Crippen molar-refractivity contribution < 1.29 is 19.4 Å². The molecule has 4 atom stereocenters. The number of benzene rings is 2. The van der Waals surface area contributed by atoms with Gasteiger partial charge >= 0.3 is 0 Å². The Morgan fingerprint density at radius 1 is 1.07 bits per heavy atom. The molecule has 6 rings (SSSR count). The highest BCUT2D eigenvalue weighted by Gasteiger charge is 2.42. The maximum Gasteiger partial charge on any atom is 0.253 e. The van der Waals surface area contributed by atoms with Gasteiger partial charge in [0.25, 0.3) is 5.91 Å². The second-order valence-electron chi connectivity index (χ2n) is 12.0. The molecule has 2 aliphatic heterocycles. The Balaban J connectivity index is 1.15. The number of hydrogen-bond acceptors (Lipinski definition) is 7. The lowest BCUT2D eigenvalue weighted by Crippen LogP contribution is -2.43. The first-order chi connectivity index (χ1) is 19.9. The molecule has 1 N–H and O–H groups in total. The number of aryl methyl sites for hydroxylation is 2. The highest BCUT2D eigenvalue weighted by Crippen LogP contribution is 2.44. The van der Waals surface area contributed by atoms with Crippen LogP contribution >= 0.6 is 11.3 Å². The summed E-state index contributed by atoms with van der Waals surface area (Å²) in [5.41, 5.74) is 5.92. The Morgan fingerprint density at radius 3 is 2.61 bits per heavy atom. The summed E-state index contributed by atoms with van der Waals surface area (Å²) in [6.07, 6.45) is 4.51. The number of carbonyl (C=O) groups excluding carboxylic acids is 1. The van der Waals surface area contributed by atoms with E-state index in [0.29, 0.717) is 43.1 Å². The SMILES string of the molecule is COC1CCCN(C(=O)c2ccc(COc3ccc(C)cc3-c3csc(N4C[C@H]5CC[C@@H](C4)[C@H]5CO)n3)c(C)c2)C1. The Kier molecular flexibility index (Phi) is 8.33. The van der Waals surface area contributed by atoms with Crippen LogP contribution in [-0.2, 0) is 11.3 Å². The number of aliphatic hydroxyl groups is 1. The summed E-state index contributed by atoms with van der Waals surface area (Å²) in [6, 6.07) is 12.2. The molecule has 1 aromatic heterocycles. The molecule has 218 valence electrons. The number of aromatic nitrogens is 1. The summed E-state index contributed by atoms with van der Waals surface area (Å²) in [5.74, 6) is 2.46. The van der Waals surface area contributed by atoms with Gasteiger partial charge in [0.1, 0.15) is 12.4 Å². The van der Waals surface area contributed by atoms with Crippen molar-refractivity contribution >= 4 is 22.4 Å². The smallest absolute Gasteiger partial charge is 0.253 e. The number of thiazole rings is 1. The molecule has 1 amide bonds. The third-order valence-electron chi connectivity index (χ3n) is 9.38. The van der Waals surface area contributed by atoms with E-state index < -0.39 is 0 Å². The molecule has 1 unspecified atom stereocenters. The number of ether oxygens (including phenoxy) is 2. The molecule has 41 heavy (non-hydrogen) atoms. The van der Waals surface area contributed by atoms with Crippen LogP contribution in [0.2, 0.25) is 0 Å². The minimum atomic E-state index is 0.0658. The molecule has 0 radical (unpaired) electrons. The maximum absolute atomic E-state index is 13.1. The Bertz CT molecular complexity index is 1380. The second-order valence-corrected chi connectivity index (χ2v) is 12.9. The van der Waals surface area contributed by atoms with Gasteiger partial charge in [-0.05, 0) is 92.7 Å². The number of nitrogens with zero attached hydrogens (tertiary/aromatic N) is 3. The molecule has 2 saturated heterocycles. The summed E-state index contributed by atoms with van der Waals surface area (Å²) < 4.78 is 11.9. The van der Waals surface area contributed by atoms with Crippen LogP contribution in [0.1, 0.15) is 52.7 Å². The number of methoxy groups -OCH3 is 1. The quantitative estimate of drug-likeness (QED) is 0.371. The van der Waals surface area contributed by atoms with Crippen molar-refractivity contribution in [3.05, 3.63) is 64.0 Å². The van der Waals surface area contributed by atoms with Crippen LogP contribution in [0.5, 0.6) is 5.75 Å². The minimum absolute atomic E-state index is 0.0658. The highest BCUT2D eigenvalue weighted by molar-refractivity contribution is 7.14. The van der Waals surface area contributed by atoms with Crippen molar-refractivity contribution in [1.29, 1.82) is 0 Å². The fraction of sp³-hybridized carbons (Fsp3) is 0.515. The van der Waals surface area contributed by atoms with E-state index in [-0.39, 0.29) is 12.0 Å². The topological polar surface area (TPSA) is 75.1 Å². The molecule has 3 fully saturated rings. The zero-order chi connectivity index (χ0) is 28.5. The van der Waals surface area contributed by atoms with Crippen molar-refractivity contribution in [2.45, 2.75) is 52.2 Å². The fourth-order valence-electron chi connectivity index (χ4n) is 6.94. The molecule has 3 heterocycles. The fourth-order valence-corrected chi connectivity index (χ4v) is 7.78. The molecule has 8 heteroatoms. The molecular weight excluding hydrogens is 534 g/mol. The van der Waals surface area contributed by atoms with E-state index in [1.54, 1.807) is 18.4 Å². The van der Waals surface area contributed by atoms with Crippen LogP contribution in [0.4, 0.5) is 5.13 Å². The number of carbonyl (C=O) groups is 1. The van der Waals surface area contributed by atoms with Gasteiger partial charge in [0.05, 0.1) is 11.8 Å². The van der Waals surface area contributed by atoms with Crippen LogP contribution in [0, 0.1) is 31.6 Å². The number of anilines is 1. The number of hydrogen-bond donors (Lipinski definition) is 1. The average molecular weight is 576 g/mol. The molecule has 7 nitrogen and oxygen atoms in total. The third kappa shape index (κ3) is 5.87. The van der Waals surface area contributed by atoms with Crippen molar-refractivity contribution in [2.75, 3.05) is 44.8 Å². The van der Waals surface area contributed by atoms with E-state index in [0.717, 1.165) is 71.3 Å². The van der Waals surface area contributed by atoms with E-state index >= 15 is 0 Å². The molecule has 3 aromatic rings. The van der Waals surface area contributed by atoms with Crippen LogP contribution < -0.4 is 9.64 Å². The van der Waals surface area contributed by atoms with Gasteiger partial charge in [-0.15, -0.1) is 11.3 Å². The molecular formula is C33H41N3O4S. The van der Waals surface area contributed by atoms with Gasteiger partial charge < -0.3 is 24.4 Å². The van der Waals surface area contributed by atoms with Crippen molar-refractivity contribution in [3.63, 3.8) is 0 Å². The summed E-state index contributed by atoms with van der Waals surface area (Å²) in [7, 11) is 1.72. The van der Waals surface area contributed by atoms with Crippen molar-refractivity contribution in [3.8, 4) is 17.0 Å². The zero-order valence-electron chi connectivity index (χ0n) is 24.3. The van der Waals surface area contributed by atoms with E-state index in [4.69, 9.17) is 14.5 Å². The van der Waals surface area contributed by atoms with Crippen molar-refractivity contribution in [1.82, 2.24) is 9.88 Å². The van der Waals surface area contributed by atoms with Crippen LogP contribution in [-0.4, -0.2) is 66.9 Å². The molecule has 1 aliphatic carbocycles. The number of piperidine rings is 2. The average Bonchev–Trinajstić information content (AvgIpc) is 3.58. The lowest BCUT2D eigenvalue weighted by atomic mass is 9.86. The lowest BCUT2D eigenvalue weighted by Gasteiger charge is -2.37. The molecule has 2 aromatic carbocycles. The molecule has 3 aliphatic rings. The van der Waals surface area contributed by atoms with Crippen molar-refractivity contribution in [2.24, 2.45) is 17.8 Å². The van der Waals surface area contributed by atoms with Gasteiger partial charge in [0.15, 0.2) is 5.13 Å². The lowest BCUT2D eigenvalue weighted by molar-refractivity contribution is 0.0269. The van der Waals surface area contributed by atoms with Gasteiger partial charge in [-0.2, -0.15) is 0 Å². The van der Waals surface area contributed by atoms with Crippen LogP contribution in [0.3, 0.4) is 0 Å². The number of aliphatic hydroxyl groups excluding tert-OH is 1. The number of likely N-dealkylation sites (tertiary alicyclic amines) is 1. The van der Waals surface area contributed by atoms with Gasteiger partial charge in [0.2, 0.25) is 0 Å². The number of rotatable bonds is 8. The van der Waals surface area contributed by atoms with E-state index in [1.165, 1.54) is 12.8 Å². The summed E-state index contributed by atoms with van der Waals surface area (Å²) in [5, 5.41) is 13.0. The first-order valence-electron chi connectivity index (χ1n) is 14.9. The van der Waals surface area contributed by atoms with Gasteiger partial charge in [-0.3, -0.25) is 4.79 Å². The van der Waals surface area contributed by atoms with Crippen LogP contribution in [0.15, 0.2) is 41.8 Å². The zero-order valence-corrected chi connectivity index (χ0v) is 25.2. The third-order valence-corrected chi connectivity index (χ3v) is 10.3. The molecule has 0 spiro atoms. The van der Waals surface area contributed by atoms with Gasteiger partial charge in [-0.1, -0.05) is 17.7 Å². The first kappa shape index (κ1) is 28.2. The van der Waals surface area contributed by atoms with E-state index in [1.807, 2.05) is 36.1 Å². The van der Waals surface area contributed by atoms with Crippen LogP contribution in [0.25, 0.3) is 11.3 Å².